The fraction of sp³-hybridized carbons (Fsp3) is 0.952. The molecule has 12 nitrogen and oxygen atoms in total. The Balaban J connectivity index is 2.33. The molecule has 0 amide bonds. The summed E-state index contributed by atoms with van der Waals surface area (Å²) in [4.78, 5) is 37.6. The maximum Gasteiger partial charge on any atom is 0.306 e. The summed E-state index contributed by atoms with van der Waals surface area (Å²) in [6, 6.07) is 0. The molecule has 0 aromatic heterocycles. The number of hydroxylamine groups is 2. The minimum Gasteiger partial charge on any atom is -0.756 e. The van der Waals surface area contributed by atoms with Crippen LogP contribution in [0.25, 0.3) is 0 Å². The Hall–Kier alpha value is -1.11. The molecule has 1 N–H and O–H groups in total. The molecule has 2 unspecified atom stereocenters. The molecule has 1 aliphatic rings. The third kappa shape index (κ3) is 28.9. The lowest BCUT2D eigenvalue weighted by Gasteiger charge is -2.33. The zero-order chi connectivity index (χ0) is 40.7. The van der Waals surface area contributed by atoms with Crippen molar-refractivity contribution >= 4 is 19.8 Å². The maximum atomic E-state index is 12.7. The summed E-state index contributed by atoms with van der Waals surface area (Å²) in [6.45, 7) is 5.23. The Kier molecular flexibility index (Phi) is 30.0. The van der Waals surface area contributed by atoms with E-state index in [4.69, 9.17) is 23.3 Å². The van der Waals surface area contributed by atoms with E-state index in [1.54, 1.807) is 0 Å². The van der Waals surface area contributed by atoms with Crippen molar-refractivity contribution in [3.05, 3.63) is 0 Å². The van der Waals surface area contributed by atoms with Crippen LogP contribution < -0.4 is 4.89 Å². The molecule has 0 aromatic rings. The van der Waals surface area contributed by atoms with Gasteiger partial charge in [-0.15, -0.1) is 0 Å². The number of phosphoric acid groups is 1. The average Bonchev–Trinajstić information content (AvgIpc) is 3.49. The number of likely N-dealkylation sites (N-methyl/N-ethyl adjacent to an activating group) is 1. The number of carbonyl (C=O) groups is 2. The summed E-state index contributed by atoms with van der Waals surface area (Å²) in [5.74, 6) is -0.872. The van der Waals surface area contributed by atoms with E-state index >= 15 is 0 Å². The first-order valence-corrected chi connectivity index (χ1v) is 23.6. The number of hydrogen-bond donors (Lipinski definition) is 1. The van der Waals surface area contributed by atoms with Gasteiger partial charge in [0.05, 0.1) is 40.9 Å². The Morgan fingerprint density at radius 2 is 1.18 bits per heavy atom. The van der Waals surface area contributed by atoms with Crippen molar-refractivity contribution in [2.24, 2.45) is 0 Å². The molecule has 0 bridgehead atoms. The molecule has 0 aliphatic carbocycles. The highest BCUT2D eigenvalue weighted by molar-refractivity contribution is 7.45. The van der Waals surface area contributed by atoms with Crippen LogP contribution >= 0.6 is 7.82 Å². The molecule has 1 aliphatic heterocycles. The number of phosphoric ester groups is 1. The standard InChI is InChI=1S/C42H83N2O10P/c1-6-8-10-11-12-13-14-15-16-17-20-23-26-29-40(45)50-37-39(38-53-55(48,49)52-36-34-44(3,4)5)54-41(46)30-27-24-21-18-19-22-25-28-32-42(31-9-7-2)43(47)33-35-51-42/h39,47H,6-38H2,1-5H3/t39-,42?/m1/s1. The fourth-order valence-corrected chi connectivity index (χ4v) is 7.58. The molecule has 0 aromatic carbocycles. The first-order chi connectivity index (χ1) is 26.3. The molecule has 0 radical (unpaired) electrons. The van der Waals surface area contributed by atoms with Crippen molar-refractivity contribution in [1.82, 2.24) is 5.06 Å². The quantitative estimate of drug-likeness (QED) is 0.0276. The first kappa shape index (κ1) is 51.9. The van der Waals surface area contributed by atoms with Gasteiger partial charge in [-0.3, -0.25) is 14.2 Å². The molecule has 13 heteroatoms. The summed E-state index contributed by atoms with van der Waals surface area (Å²) in [5.41, 5.74) is -0.503. The normalized spacial score (nSPS) is 18.0. The van der Waals surface area contributed by atoms with Gasteiger partial charge >= 0.3 is 11.9 Å². The lowest BCUT2D eigenvalue weighted by atomic mass is 9.97. The number of nitrogens with zero attached hydrogens (tertiary/aromatic N) is 2. The van der Waals surface area contributed by atoms with Crippen LogP contribution in [0.4, 0.5) is 0 Å². The Morgan fingerprint density at radius 3 is 1.67 bits per heavy atom. The molecular weight excluding hydrogens is 723 g/mol. The third-order valence-electron chi connectivity index (χ3n) is 10.4. The lowest BCUT2D eigenvalue weighted by Crippen LogP contribution is -2.43. The van der Waals surface area contributed by atoms with Crippen molar-refractivity contribution in [2.75, 3.05) is 60.7 Å². The predicted octanol–water partition coefficient (Wildman–Crippen LogP) is 9.64. The van der Waals surface area contributed by atoms with Crippen molar-refractivity contribution in [2.45, 2.75) is 199 Å². The van der Waals surface area contributed by atoms with Crippen LogP contribution in [0.15, 0.2) is 0 Å². The van der Waals surface area contributed by atoms with Gasteiger partial charge in [0.2, 0.25) is 0 Å². The minimum atomic E-state index is -4.64. The van der Waals surface area contributed by atoms with E-state index in [2.05, 4.69) is 13.8 Å². The molecule has 1 heterocycles. The van der Waals surface area contributed by atoms with Crippen LogP contribution in [-0.2, 0) is 37.4 Å². The summed E-state index contributed by atoms with van der Waals surface area (Å²) >= 11 is 0. The Labute approximate surface area is 335 Å². The van der Waals surface area contributed by atoms with Gasteiger partial charge in [0.15, 0.2) is 6.10 Å². The van der Waals surface area contributed by atoms with Gasteiger partial charge in [0.25, 0.3) is 7.82 Å². The minimum absolute atomic E-state index is 0.0417. The number of carbonyl (C=O) groups excluding carboxylic acids is 2. The number of esters is 2. The van der Waals surface area contributed by atoms with E-state index in [0.29, 0.717) is 30.6 Å². The van der Waals surface area contributed by atoms with Gasteiger partial charge in [-0.2, -0.15) is 5.06 Å². The summed E-state index contributed by atoms with van der Waals surface area (Å²) < 4.78 is 39.9. The zero-order valence-electron chi connectivity index (χ0n) is 35.9. The molecule has 1 saturated heterocycles. The van der Waals surface area contributed by atoms with Gasteiger partial charge in [-0.1, -0.05) is 136 Å². The van der Waals surface area contributed by atoms with Gasteiger partial charge < -0.3 is 37.8 Å². The Morgan fingerprint density at radius 1 is 0.709 bits per heavy atom. The van der Waals surface area contributed by atoms with Crippen molar-refractivity contribution < 1.29 is 52.0 Å². The largest absolute Gasteiger partial charge is 0.756 e. The smallest absolute Gasteiger partial charge is 0.306 e. The van der Waals surface area contributed by atoms with Crippen LogP contribution in [0, 0.1) is 0 Å². The summed E-state index contributed by atoms with van der Waals surface area (Å²) in [6.07, 6.45) is 27.0. The van der Waals surface area contributed by atoms with Gasteiger partial charge in [0.1, 0.15) is 25.5 Å². The molecule has 0 spiro atoms. The van der Waals surface area contributed by atoms with Crippen LogP contribution in [0.5, 0.6) is 0 Å². The molecule has 3 atom stereocenters. The monoisotopic (exact) mass is 807 g/mol. The second kappa shape index (κ2) is 31.8. The van der Waals surface area contributed by atoms with Gasteiger partial charge in [-0.25, -0.2) is 0 Å². The van der Waals surface area contributed by atoms with E-state index in [1.165, 1.54) is 69.3 Å². The van der Waals surface area contributed by atoms with Crippen LogP contribution in [0.2, 0.25) is 0 Å². The van der Waals surface area contributed by atoms with Crippen LogP contribution in [-0.4, -0.2) is 99.2 Å². The van der Waals surface area contributed by atoms with Gasteiger partial charge in [-0.05, 0) is 38.5 Å². The predicted molar refractivity (Wildman–Crippen MR) is 216 cm³/mol. The highest BCUT2D eigenvalue weighted by Gasteiger charge is 2.40. The Bertz CT molecular complexity index is 1010. The fourth-order valence-electron chi connectivity index (χ4n) is 6.86. The molecule has 1 rings (SSSR count). The van der Waals surface area contributed by atoms with Crippen molar-refractivity contribution in [1.29, 1.82) is 0 Å². The average molecular weight is 807 g/mol. The highest BCUT2D eigenvalue weighted by atomic mass is 31.2. The lowest BCUT2D eigenvalue weighted by molar-refractivity contribution is -0.870. The van der Waals surface area contributed by atoms with E-state index in [0.717, 1.165) is 89.9 Å². The topological polar surface area (TPSA) is 144 Å². The summed E-state index contributed by atoms with van der Waals surface area (Å²) in [5, 5.41) is 11.7. The van der Waals surface area contributed by atoms with Crippen molar-refractivity contribution in [3.8, 4) is 0 Å². The SMILES string of the molecule is CCCCCCCCCCCCCCCC(=O)OC[C@H](COP(=O)([O-])OCC[N+](C)(C)C)OC(=O)CCCCCCCCCCC1(CCCC)OCCN1O. The molecule has 0 saturated carbocycles. The van der Waals surface area contributed by atoms with Crippen LogP contribution in [0.3, 0.4) is 0 Å². The molecule has 326 valence electrons. The second-order valence-electron chi connectivity index (χ2n) is 16.7. The molecule has 55 heavy (non-hydrogen) atoms. The molecular formula is C42H83N2O10P. The number of hydrogen-bond acceptors (Lipinski definition) is 11. The zero-order valence-corrected chi connectivity index (χ0v) is 36.8. The second-order valence-corrected chi connectivity index (χ2v) is 18.1. The van der Waals surface area contributed by atoms with E-state index < -0.39 is 38.2 Å². The number of unbranched alkanes of at least 4 members (excludes halogenated alkanes) is 20. The number of rotatable bonds is 38. The number of ether oxygens (including phenoxy) is 3. The van der Waals surface area contributed by atoms with E-state index in [-0.39, 0.29) is 26.1 Å². The highest BCUT2D eigenvalue weighted by Crippen LogP contribution is 2.38. The van der Waals surface area contributed by atoms with Crippen LogP contribution in [0.1, 0.15) is 187 Å². The van der Waals surface area contributed by atoms with E-state index in [1.807, 2.05) is 21.1 Å². The molecule has 1 fully saturated rings. The number of quaternary nitrogens is 1. The first-order valence-electron chi connectivity index (χ1n) is 22.2. The maximum absolute atomic E-state index is 12.7. The van der Waals surface area contributed by atoms with Gasteiger partial charge in [0, 0.05) is 12.8 Å². The summed E-state index contributed by atoms with van der Waals surface area (Å²) in [7, 11) is 1.13. The van der Waals surface area contributed by atoms with E-state index in [9.17, 15) is 24.3 Å². The van der Waals surface area contributed by atoms with Crippen molar-refractivity contribution in [3.63, 3.8) is 0 Å². The third-order valence-corrected chi connectivity index (χ3v) is 11.4.